The number of halogens is 2. The van der Waals surface area contributed by atoms with Gasteiger partial charge in [0.25, 0.3) is 0 Å². The molecule has 2 rings (SSSR count). The van der Waals surface area contributed by atoms with Crippen LogP contribution in [0.1, 0.15) is 44.8 Å². The number of benzene rings is 1. The lowest BCUT2D eigenvalue weighted by atomic mass is 9.99. The quantitative estimate of drug-likeness (QED) is 0.629. The highest BCUT2D eigenvalue weighted by Crippen LogP contribution is 2.34. The predicted octanol–water partition coefficient (Wildman–Crippen LogP) is 5.41. The molecule has 1 aliphatic heterocycles. The van der Waals surface area contributed by atoms with E-state index in [0.29, 0.717) is 6.61 Å². The van der Waals surface area contributed by atoms with Gasteiger partial charge in [-0.2, -0.15) is 0 Å². The van der Waals surface area contributed by atoms with Crippen molar-refractivity contribution in [1.82, 2.24) is 0 Å². The van der Waals surface area contributed by atoms with Crippen molar-refractivity contribution < 1.29 is 9.13 Å². The minimum absolute atomic E-state index is 0.0606. The summed E-state index contributed by atoms with van der Waals surface area (Å²) in [5.74, 6) is -0.231. The summed E-state index contributed by atoms with van der Waals surface area (Å²) in [5, 5.41) is 0. The molecule has 1 aromatic rings. The van der Waals surface area contributed by atoms with Gasteiger partial charge >= 0.3 is 0 Å². The lowest BCUT2D eigenvalue weighted by molar-refractivity contribution is 0.0415. The first-order valence-electron chi connectivity index (χ1n) is 6.31. The van der Waals surface area contributed by atoms with Crippen molar-refractivity contribution in [2.45, 2.75) is 39.2 Å². The highest BCUT2D eigenvalue weighted by molar-refractivity contribution is 9.10. The van der Waals surface area contributed by atoms with Crippen LogP contribution in [0.2, 0.25) is 0 Å². The molecule has 100 valence electrons. The van der Waals surface area contributed by atoms with Crippen molar-refractivity contribution in [2.75, 3.05) is 6.61 Å². The summed E-state index contributed by atoms with van der Waals surface area (Å²) >= 11 is 3.36. The standard InChI is InChI=1S/C12H12BrFO.C3H8/c1-8-2-5-12(15-7-8)10-4-3-9(14)6-11(10)13;1-3-2/h3-4,6,12H,1-2,5,7H2;3H2,1-2H3. The normalized spacial score (nSPS) is 19.1. The van der Waals surface area contributed by atoms with Crippen molar-refractivity contribution in [3.8, 4) is 0 Å². The molecular formula is C15H20BrFO. The molecule has 0 aromatic heterocycles. The van der Waals surface area contributed by atoms with Gasteiger partial charge in [0.1, 0.15) is 5.82 Å². The summed E-state index contributed by atoms with van der Waals surface area (Å²) in [6.45, 7) is 8.74. The van der Waals surface area contributed by atoms with Gasteiger partial charge in [0.05, 0.1) is 12.7 Å². The topological polar surface area (TPSA) is 9.23 Å². The summed E-state index contributed by atoms with van der Waals surface area (Å²) in [6.07, 6.45) is 3.21. The van der Waals surface area contributed by atoms with Crippen LogP contribution in [0.25, 0.3) is 0 Å². The Morgan fingerprint density at radius 1 is 1.44 bits per heavy atom. The maximum atomic E-state index is 12.9. The number of ether oxygens (including phenoxy) is 1. The highest BCUT2D eigenvalue weighted by atomic mass is 79.9. The van der Waals surface area contributed by atoms with Crippen LogP contribution >= 0.6 is 15.9 Å². The van der Waals surface area contributed by atoms with Crippen molar-refractivity contribution in [3.63, 3.8) is 0 Å². The average molecular weight is 315 g/mol. The van der Waals surface area contributed by atoms with Crippen LogP contribution in [0.4, 0.5) is 4.39 Å². The minimum Gasteiger partial charge on any atom is -0.369 e. The second-order valence-electron chi connectivity index (χ2n) is 4.46. The minimum atomic E-state index is -0.231. The summed E-state index contributed by atoms with van der Waals surface area (Å²) in [7, 11) is 0. The second kappa shape index (κ2) is 7.70. The van der Waals surface area contributed by atoms with Crippen LogP contribution in [-0.2, 0) is 4.74 Å². The van der Waals surface area contributed by atoms with E-state index in [0.717, 1.165) is 28.5 Å². The van der Waals surface area contributed by atoms with Gasteiger partial charge in [-0.25, -0.2) is 4.39 Å². The first-order valence-corrected chi connectivity index (χ1v) is 7.11. The van der Waals surface area contributed by atoms with Crippen LogP contribution < -0.4 is 0 Å². The fourth-order valence-corrected chi connectivity index (χ4v) is 2.32. The molecule has 0 saturated carbocycles. The van der Waals surface area contributed by atoms with Crippen molar-refractivity contribution >= 4 is 15.9 Å². The Balaban J connectivity index is 0.000000492. The van der Waals surface area contributed by atoms with E-state index in [1.165, 1.54) is 18.6 Å². The first kappa shape index (κ1) is 15.4. The lowest BCUT2D eigenvalue weighted by Gasteiger charge is -2.25. The molecule has 0 amide bonds. The molecular weight excluding hydrogens is 295 g/mol. The zero-order chi connectivity index (χ0) is 13.5. The van der Waals surface area contributed by atoms with Crippen molar-refractivity contribution in [2.24, 2.45) is 0 Å². The van der Waals surface area contributed by atoms with Crippen LogP contribution in [-0.4, -0.2) is 6.61 Å². The van der Waals surface area contributed by atoms with Gasteiger partial charge < -0.3 is 4.74 Å². The van der Waals surface area contributed by atoms with Gasteiger partial charge in [0.2, 0.25) is 0 Å². The summed E-state index contributed by atoms with van der Waals surface area (Å²) in [4.78, 5) is 0. The Morgan fingerprint density at radius 3 is 2.61 bits per heavy atom. The molecule has 1 atom stereocenters. The zero-order valence-corrected chi connectivity index (χ0v) is 12.6. The Hall–Kier alpha value is -0.670. The van der Waals surface area contributed by atoms with Crippen LogP contribution in [0.15, 0.2) is 34.8 Å². The van der Waals surface area contributed by atoms with Gasteiger partial charge in [-0.15, -0.1) is 0 Å². The molecule has 1 saturated heterocycles. The molecule has 18 heavy (non-hydrogen) atoms. The molecule has 0 N–H and O–H groups in total. The van der Waals surface area contributed by atoms with Gasteiger partial charge in [-0.3, -0.25) is 0 Å². The van der Waals surface area contributed by atoms with E-state index in [4.69, 9.17) is 4.74 Å². The van der Waals surface area contributed by atoms with Gasteiger partial charge in [-0.05, 0) is 30.5 Å². The third kappa shape index (κ3) is 4.54. The molecule has 1 aliphatic rings. The Labute approximate surface area is 117 Å². The molecule has 1 heterocycles. The monoisotopic (exact) mass is 314 g/mol. The van der Waals surface area contributed by atoms with Gasteiger partial charge in [-0.1, -0.05) is 54.4 Å². The van der Waals surface area contributed by atoms with E-state index < -0.39 is 0 Å². The average Bonchev–Trinajstić information content (AvgIpc) is 2.32. The van der Waals surface area contributed by atoms with Gasteiger partial charge in [0.15, 0.2) is 0 Å². The van der Waals surface area contributed by atoms with E-state index in [9.17, 15) is 4.39 Å². The fraction of sp³-hybridized carbons (Fsp3) is 0.467. The van der Waals surface area contributed by atoms with Gasteiger partial charge in [0, 0.05) is 4.47 Å². The first-order chi connectivity index (χ1) is 8.58. The van der Waals surface area contributed by atoms with Crippen LogP contribution in [0.3, 0.4) is 0 Å². The highest BCUT2D eigenvalue weighted by Gasteiger charge is 2.20. The molecule has 1 unspecified atom stereocenters. The fourth-order valence-electron chi connectivity index (χ4n) is 1.72. The Morgan fingerprint density at radius 2 is 2.11 bits per heavy atom. The van der Waals surface area contributed by atoms with E-state index in [1.807, 2.05) is 0 Å². The molecule has 0 spiro atoms. The second-order valence-corrected chi connectivity index (χ2v) is 5.32. The number of hydrogen-bond acceptors (Lipinski definition) is 1. The van der Waals surface area contributed by atoms with E-state index >= 15 is 0 Å². The summed E-state index contributed by atoms with van der Waals surface area (Å²) in [5.41, 5.74) is 2.15. The zero-order valence-electron chi connectivity index (χ0n) is 11.0. The molecule has 0 radical (unpaired) electrons. The van der Waals surface area contributed by atoms with Crippen LogP contribution in [0.5, 0.6) is 0 Å². The predicted molar refractivity (Wildman–Crippen MR) is 77.1 cm³/mol. The number of rotatable bonds is 1. The molecule has 0 bridgehead atoms. The third-order valence-corrected chi connectivity index (χ3v) is 3.24. The van der Waals surface area contributed by atoms with Crippen molar-refractivity contribution in [1.29, 1.82) is 0 Å². The summed E-state index contributed by atoms with van der Waals surface area (Å²) in [6, 6.07) is 4.72. The molecule has 1 fully saturated rings. The number of hydrogen-bond donors (Lipinski definition) is 0. The summed E-state index contributed by atoms with van der Waals surface area (Å²) < 4.78 is 19.3. The molecule has 3 heteroatoms. The molecule has 0 aliphatic carbocycles. The molecule has 1 nitrogen and oxygen atoms in total. The maximum absolute atomic E-state index is 12.9. The smallest absolute Gasteiger partial charge is 0.124 e. The van der Waals surface area contributed by atoms with E-state index in [1.54, 1.807) is 6.07 Å². The van der Waals surface area contributed by atoms with E-state index in [2.05, 4.69) is 36.4 Å². The largest absolute Gasteiger partial charge is 0.369 e. The lowest BCUT2D eigenvalue weighted by Crippen LogP contribution is -2.13. The Kier molecular flexibility index (Phi) is 6.58. The SMILES string of the molecule is C=C1CCC(c2ccc(F)cc2Br)OC1.CCC. The van der Waals surface area contributed by atoms with Crippen LogP contribution in [0, 0.1) is 5.82 Å². The molecule has 1 aromatic carbocycles. The van der Waals surface area contributed by atoms with Crippen molar-refractivity contribution in [3.05, 3.63) is 46.2 Å². The maximum Gasteiger partial charge on any atom is 0.124 e. The Bertz CT molecular complexity index is 393. The van der Waals surface area contributed by atoms with E-state index in [-0.39, 0.29) is 11.9 Å². The third-order valence-electron chi connectivity index (χ3n) is 2.56.